The molecule has 4 heteroatoms. The highest BCUT2D eigenvalue weighted by molar-refractivity contribution is 5.85. The lowest BCUT2D eigenvalue weighted by Crippen LogP contribution is -2.54. The number of carbonyl (C=O) groups is 1. The molecule has 0 aromatic carbocycles. The minimum absolute atomic E-state index is 0.00148. The molecular weight excluding hydrogens is 204 g/mol. The number of amides is 1. The molecule has 0 aliphatic carbocycles. The Hall–Kier alpha value is -0.610. The van der Waals surface area contributed by atoms with E-state index in [9.17, 15) is 4.79 Å². The maximum Gasteiger partial charge on any atom is 0.252 e. The van der Waals surface area contributed by atoms with Crippen molar-refractivity contribution in [2.45, 2.75) is 45.3 Å². The summed E-state index contributed by atoms with van der Waals surface area (Å²) in [7, 11) is 1.59. The molecule has 1 aliphatic heterocycles. The standard InChI is InChI=1S/C12H24N2O2/c1-5-12(3,16-4)11(15)14-10-6-9(2)7-13-8-10/h9-10,13H,5-8H2,1-4H3,(H,14,15). The highest BCUT2D eigenvalue weighted by atomic mass is 16.5. The molecule has 3 unspecified atom stereocenters. The van der Waals surface area contributed by atoms with Crippen molar-refractivity contribution < 1.29 is 9.53 Å². The number of rotatable bonds is 4. The zero-order valence-electron chi connectivity index (χ0n) is 10.8. The Morgan fingerprint density at radius 3 is 2.75 bits per heavy atom. The molecule has 4 nitrogen and oxygen atoms in total. The Morgan fingerprint density at radius 2 is 2.25 bits per heavy atom. The first-order valence-corrected chi connectivity index (χ1v) is 6.08. The van der Waals surface area contributed by atoms with E-state index in [1.807, 2.05) is 13.8 Å². The predicted molar refractivity (Wildman–Crippen MR) is 64.3 cm³/mol. The van der Waals surface area contributed by atoms with Gasteiger partial charge in [0.25, 0.3) is 5.91 Å². The first kappa shape index (κ1) is 13.5. The minimum atomic E-state index is -0.694. The van der Waals surface area contributed by atoms with Crippen LogP contribution in [-0.2, 0) is 9.53 Å². The third-order valence-electron chi connectivity index (χ3n) is 3.51. The molecule has 0 aromatic heterocycles. The van der Waals surface area contributed by atoms with Gasteiger partial charge in [-0.05, 0) is 32.2 Å². The minimum Gasteiger partial charge on any atom is -0.369 e. The molecule has 0 bridgehead atoms. The summed E-state index contributed by atoms with van der Waals surface area (Å²) < 4.78 is 5.28. The third-order valence-corrected chi connectivity index (χ3v) is 3.51. The van der Waals surface area contributed by atoms with Crippen molar-refractivity contribution in [1.82, 2.24) is 10.6 Å². The molecule has 1 amide bonds. The van der Waals surface area contributed by atoms with Gasteiger partial charge in [0.05, 0.1) is 0 Å². The number of carbonyl (C=O) groups excluding carboxylic acids is 1. The summed E-state index contributed by atoms with van der Waals surface area (Å²) in [4.78, 5) is 12.0. The zero-order valence-corrected chi connectivity index (χ0v) is 10.8. The van der Waals surface area contributed by atoms with Gasteiger partial charge in [-0.15, -0.1) is 0 Å². The molecule has 0 radical (unpaired) electrons. The lowest BCUT2D eigenvalue weighted by atomic mass is 9.96. The van der Waals surface area contributed by atoms with Gasteiger partial charge in [-0.25, -0.2) is 0 Å². The van der Waals surface area contributed by atoms with Gasteiger partial charge in [0.1, 0.15) is 5.60 Å². The number of methoxy groups -OCH3 is 1. The van der Waals surface area contributed by atoms with Gasteiger partial charge in [0.2, 0.25) is 0 Å². The summed E-state index contributed by atoms with van der Waals surface area (Å²) >= 11 is 0. The Kier molecular flexibility index (Phi) is 4.74. The largest absolute Gasteiger partial charge is 0.369 e. The molecule has 1 fully saturated rings. The number of hydrogen-bond donors (Lipinski definition) is 2. The molecule has 16 heavy (non-hydrogen) atoms. The van der Waals surface area contributed by atoms with Crippen LogP contribution in [0.1, 0.15) is 33.6 Å². The van der Waals surface area contributed by atoms with Crippen LogP contribution < -0.4 is 10.6 Å². The van der Waals surface area contributed by atoms with E-state index >= 15 is 0 Å². The SMILES string of the molecule is CCC(C)(OC)C(=O)NC1CNCC(C)C1. The summed E-state index contributed by atoms with van der Waals surface area (Å²) in [5, 5.41) is 6.39. The van der Waals surface area contributed by atoms with Crippen molar-refractivity contribution in [1.29, 1.82) is 0 Å². The zero-order chi connectivity index (χ0) is 12.2. The van der Waals surface area contributed by atoms with E-state index in [0.717, 1.165) is 19.5 Å². The van der Waals surface area contributed by atoms with Gasteiger partial charge in [0, 0.05) is 19.7 Å². The molecule has 0 spiro atoms. The second-order valence-electron chi connectivity index (χ2n) is 4.96. The predicted octanol–water partition coefficient (Wildman–Crippen LogP) is 0.916. The van der Waals surface area contributed by atoms with Crippen LogP contribution in [-0.4, -0.2) is 37.7 Å². The molecule has 1 rings (SSSR count). The average molecular weight is 228 g/mol. The van der Waals surface area contributed by atoms with E-state index in [1.165, 1.54) is 0 Å². The third kappa shape index (κ3) is 3.19. The fourth-order valence-corrected chi connectivity index (χ4v) is 2.00. The topological polar surface area (TPSA) is 50.4 Å². The lowest BCUT2D eigenvalue weighted by Gasteiger charge is -2.32. The molecule has 1 heterocycles. The van der Waals surface area contributed by atoms with Crippen molar-refractivity contribution in [3.8, 4) is 0 Å². The Balaban J connectivity index is 2.50. The van der Waals surface area contributed by atoms with Crippen molar-refractivity contribution >= 4 is 5.91 Å². The van der Waals surface area contributed by atoms with Gasteiger partial charge >= 0.3 is 0 Å². The molecule has 1 aliphatic rings. The molecule has 0 saturated carbocycles. The maximum atomic E-state index is 12.0. The van der Waals surface area contributed by atoms with E-state index in [1.54, 1.807) is 7.11 Å². The molecule has 3 atom stereocenters. The molecule has 1 saturated heterocycles. The van der Waals surface area contributed by atoms with Gasteiger partial charge < -0.3 is 15.4 Å². The average Bonchev–Trinajstić information content (AvgIpc) is 2.28. The number of ether oxygens (including phenoxy) is 1. The molecular formula is C12H24N2O2. The molecule has 2 N–H and O–H groups in total. The van der Waals surface area contributed by atoms with E-state index in [4.69, 9.17) is 4.74 Å². The van der Waals surface area contributed by atoms with Crippen LogP contribution in [0.4, 0.5) is 0 Å². The van der Waals surface area contributed by atoms with Gasteiger partial charge in [-0.1, -0.05) is 13.8 Å². The fourth-order valence-electron chi connectivity index (χ4n) is 2.00. The summed E-state index contributed by atoms with van der Waals surface area (Å²) in [5.74, 6) is 0.618. The number of piperidine rings is 1. The number of hydrogen-bond acceptors (Lipinski definition) is 3. The summed E-state index contributed by atoms with van der Waals surface area (Å²) in [6, 6.07) is 0.234. The van der Waals surface area contributed by atoms with E-state index in [2.05, 4.69) is 17.6 Å². The second-order valence-corrected chi connectivity index (χ2v) is 4.96. The van der Waals surface area contributed by atoms with Crippen LogP contribution in [0.25, 0.3) is 0 Å². The highest BCUT2D eigenvalue weighted by Crippen LogP contribution is 2.16. The molecule has 94 valence electrons. The van der Waals surface area contributed by atoms with E-state index < -0.39 is 5.60 Å². The van der Waals surface area contributed by atoms with Gasteiger partial charge in [-0.2, -0.15) is 0 Å². The van der Waals surface area contributed by atoms with Gasteiger partial charge in [0.15, 0.2) is 0 Å². The monoisotopic (exact) mass is 228 g/mol. The maximum absolute atomic E-state index is 12.0. The number of nitrogens with one attached hydrogen (secondary N) is 2. The van der Waals surface area contributed by atoms with Crippen molar-refractivity contribution in [2.75, 3.05) is 20.2 Å². The smallest absolute Gasteiger partial charge is 0.252 e. The van der Waals surface area contributed by atoms with Crippen molar-refractivity contribution in [3.05, 3.63) is 0 Å². The summed E-state index contributed by atoms with van der Waals surface area (Å²) in [6.07, 6.45) is 1.73. The Morgan fingerprint density at radius 1 is 1.56 bits per heavy atom. The fraction of sp³-hybridized carbons (Fsp3) is 0.917. The quantitative estimate of drug-likeness (QED) is 0.752. The first-order chi connectivity index (χ1) is 7.51. The van der Waals surface area contributed by atoms with Crippen LogP contribution >= 0.6 is 0 Å². The van der Waals surface area contributed by atoms with Crippen LogP contribution in [0.5, 0.6) is 0 Å². The first-order valence-electron chi connectivity index (χ1n) is 6.08. The molecule has 0 aromatic rings. The highest BCUT2D eigenvalue weighted by Gasteiger charge is 2.33. The van der Waals surface area contributed by atoms with Crippen LogP contribution in [0, 0.1) is 5.92 Å². The normalized spacial score (nSPS) is 29.5. The van der Waals surface area contributed by atoms with E-state index in [0.29, 0.717) is 12.3 Å². The Bertz CT molecular complexity index is 239. The van der Waals surface area contributed by atoms with Crippen LogP contribution in [0.2, 0.25) is 0 Å². The van der Waals surface area contributed by atoms with Crippen molar-refractivity contribution in [2.24, 2.45) is 5.92 Å². The van der Waals surface area contributed by atoms with Crippen molar-refractivity contribution in [3.63, 3.8) is 0 Å². The van der Waals surface area contributed by atoms with Crippen LogP contribution in [0.15, 0.2) is 0 Å². The van der Waals surface area contributed by atoms with Gasteiger partial charge in [-0.3, -0.25) is 4.79 Å². The Labute approximate surface area is 98.1 Å². The van der Waals surface area contributed by atoms with Crippen LogP contribution in [0.3, 0.4) is 0 Å². The lowest BCUT2D eigenvalue weighted by molar-refractivity contribution is -0.142. The second kappa shape index (κ2) is 5.64. The summed E-state index contributed by atoms with van der Waals surface area (Å²) in [5.41, 5.74) is -0.694. The van der Waals surface area contributed by atoms with E-state index in [-0.39, 0.29) is 11.9 Å². The summed E-state index contributed by atoms with van der Waals surface area (Å²) in [6.45, 7) is 7.90.